The number of ether oxygens (including phenoxy) is 2. The van der Waals surface area contributed by atoms with Crippen LogP contribution in [-0.2, 0) is 11.8 Å². The Kier molecular flexibility index (Phi) is 1.54. The van der Waals surface area contributed by atoms with Crippen molar-refractivity contribution in [3.05, 3.63) is 35.4 Å². The van der Waals surface area contributed by atoms with Gasteiger partial charge in [-0.1, -0.05) is 18.2 Å². The average molecular weight is 305 g/mol. The number of likely N-dealkylation sites (N-methyl/N-ethyl adjacent to an activating group) is 1. The highest BCUT2D eigenvalue weighted by Crippen LogP contribution is 2.62. The molecule has 0 amide bonds. The number of rotatable bonds is 2. The fourth-order valence-electron chi connectivity index (χ4n) is 4.66. The zero-order chi connectivity index (χ0) is 20.1. The SMILES string of the molecule is [2H]OC1C=C[C@]2([2H])[C@@]34CCN(C([2H])([2H])[2H])[C@]2([2H])Cc2ccc(OC)c(c23)OC14. The van der Waals surface area contributed by atoms with Crippen LogP contribution in [0.5, 0.6) is 11.5 Å². The molecule has 4 aliphatic rings. The second-order valence-corrected chi connectivity index (χ2v) is 6.40. The van der Waals surface area contributed by atoms with E-state index in [-0.39, 0.29) is 13.0 Å². The number of aliphatic hydroxyl groups is 1. The van der Waals surface area contributed by atoms with Crippen LogP contribution < -0.4 is 9.47 Å². The number of likely N-dealkylation sites (tertiary alicyclic amines) is 1. The topological polar surface area (TPSA) is 41.9 Å². The molecular formula is C18H21NO3. The molecule has 2 aliphatic heterocycles. The minimum Gasteiger partial charge on any atom is -0.493 e. The molecule has 116 valence electrons. The van der Waals surface area contributed by atoms with Crippen LogP contribution in [0.4, 0.5) is 0 Å². The predicted octanol–water partition coefficient (Wildman–Crippen LogP) is 1.50. The van der Waals surface area contributed by atoms with Gasteiger partial charge in [-0.25, -0.2) is 0 Å². The van der Waals surface area contributed by atoms with Gasteiger partial charge in [-0.3, -0.25) is 0 Å². The fraction of sp³-hybridized carbons (Fsp3) is 0.556. The Morgan fingerprint density at radius 1 is 1.55 bits per heavy atom. The third kappa shape index (κ3) is 1.28. The van der Waals surface area contributed by atoms with Gasteiger partial charge in [-0.2, -0.15) is 0 Å². The van der Waals surface area contributed by atoms with Crippen molar-refractivity contribution in [2.75, 3.05) is 20.6 Å². The summed E-state index contributed by atoms with van der Waals surface area (Å²) in [6.07, 6.45) is 2.13. The van der Waals surface area contributed by atoms with Gasteiger partial charge in [-0.05, 0) is 38.0 Å². The molecule has 5 rings (SSSR count). The Bertz CT molecular complexity index is 891. The Morgan fingerprint density at radius 2 is 2.50 bits per heavy atom. The van der Waals surface area contributed by atoms with Crippen molar-refractivity contribution in [1.29, 1.82) is 1.43 Å². The lowest BCUT2D eigenvalue weighted by atomic mass is 9.53. The lowest BCUT2D eigenvalue weighted by molar-refractivity contribution is -0.0453. The van der Waals surface area contributed by atoms with Gasteiger partial charge in [0.25, 0.3) is 0 Å². The van der Waals surface area contributed by atoms with Crippen LogP contribution in [-0.4, -0.2) is 50.3 Å². The number of piperidine rings is 1. The van der Waals surface area contributed by atoms with E-state index in [0.717, 1.165) is 11.1 Å². The lowest BCUT2D eigenvalue weighted by Gasteiger charge is -2.56. The van der Waals surface area contributed by atoms with Crippen LogP contribution in [0, 0.1) is 5.89 Å². The molecule has 2 aliphatic carbocycles. The standard InChI is InChI=1S/C18H21NO3/c1-19-8-7-18-11-4-5-13(20)17(18)22-16-14(21-2)6-3-10(15(16)18)9-12(11)19/h3-6,11-13,17,20H,7-9H2,1-2H3/t11-,12+,13?,17?,18-/m0/s1/i1D3,11D,12D,20D. The molecule has 1 aromatic carbocycles. The molecule has 4 heteroatoms. The summed E-state index contributed by atoms with van der Waals surface area (Å²) in [5.41, 5.74) is 0.629. The first-order valence-electron chi connectivity index (χ1n) is 10.5. The van der Waals surface area contributed by atoms with E-state index in [0.29, 0.717) is 17.9 Å². The second kappa shape index (κ2) is 4.06. The summed E-state index contributed by atoms with van der Waals surface area (Å²) < 4.78 is 61.9. The monoisotopic (exact) mass is 305 g/mol. The molecule has 22 heavy (non-hydrogen) atoms. The van der Waals surface area contributed by atoms with Crippen molar-refractivity contribution in [3.8, 4) is 11.5 Å². The van der Waals surface area contributed by atoms with Gasteiger partial charge in [-0.15, -0.1) is 0 Å². The van der Waals surface area contributed by atoms with E-state index in [9.17, 15) is 2.74 Å². The maximum Gasteiger partial charge on any atom is 0.211 e. The Labute approximate surface area is 138 Å². The maximum atomic E-state index is 9.47. The van der Waals surface area contributed by atoms with Crippen molar-refractivity contribution in [2.45, 2.75) is 36.5 Å². The number of benzene rings is 1. The van der Waals surface area contributed by atoms with Crippen LogP contribution in [0.2, 0.25) is 0 Å². The van der Waals surface area contributed by atoms with E-state index in [2.05, 4.69) is 0 Å². The summed E-state index contributed by atoms with van der Waals surface area (Å²) in [6, 6.07) is 1.89. The van der Waals surface area contributed by atoms with Crippen molar-refractivity contribution in [3.63, 3.8) is 0 Å². The molecular weight excluding hydrogens is 278 g/mol. The highest BCUT2D eigenvalue weighted by molar-refractivity contribution is 5.62. The smallest absolute Gasteiger partial charge is 0.211 e. The van der Waals surface area contributed by atoms with Crippen molar-refractivity contribution in [2.24, 2.45) is 5.89 Å². The van der Waals surface area contributed by atoms with Crippen LogP contribution >= 0.6 is 0 Å². The first kappa shape index (κ1) is 8.37. The second-order valence-electron chi connectivity index (χ2n) is 6.40. The molecule has 0 saturated carbocycles. The molecule has 2 unspecified atom stereocenters. The van der Waals surface area contributed by atoms with Gasteiger partial charge >= 0.3 is 0 Å². The average Bonchev–Trinajstić information content (AvgIpc) is 2.96. The van der Waals surface area contributed by atoms with Gasteiger partial charge in [0, 0.05) is 29.7 Å². The molecule has 1 N–H and O–H groups in total. The maximum absolute atomic E-state index is 9.47. The third-order valence-corrected chi connectivity index (χ3v) is 5.56. The van der Waals surface area contributed by atoms with E-state index in [1.54, 1.807) is 25.3 Å². The summed E-state index contributed by atoms with van der Waals surface area (Å²) in [7, 11) is 1.54. The van der Waals surface area contributed by atoms with Crippen molar-refractivity contribution < 1.29 is 21.4 Å². The van der Waals surface area contributed by atoms with Gasteiger partial charge in [0.2, 0.25) is 1.43 Å². The highest BCUT2D eigenvalue weighted by atomic mass is 16.5. The number of hydrogen-bond donors (Lipinski definition) is 1. The van der Waals surface area contributed by atoms with Crippen molar-refractivity contribution in [1.82, 2.24) is 4.90 Å². The number of aliphatic hydroxyl groups excluding tert-OH is 1. The molecule has 0 radical (unpaired) electrons. The lowest BCUT2D eigenvalue weighted by Crippen LogP contribution is -2.64. The molecule has 1 spiro atoms. The molecule has 4 nitrogen and oxygen atoms in total. The zero-order valence-corrected chi connectivity index (χ0v) is 12.3. The molecule has 5 atom stereocenters. The number of nitrogens with zero attached hydrogens (tertiary/aromatic N) is 1. The summed E-state index contributed by atoms with van der Waals surface area (Å²) in [5, 5.41) is 4.91. The van der Waals surface area contributed by atoms with Gasteiger partial charge in [0.05, 0.1) is 7.11 Å². The van der Waals surface area contributed by atoms with E-state index in [4.69, 9.17) is 20.1 Å². The third-order valence-electron chi connectivity index (χ3n) is 5.56. The molecule has 1 saturated heterocycles. The highest BCUT2D eigenvalue weighted by Gasteiger charge is 2.64. The summed E-state index contributed by atoms with van der Waals surface area (Å²) in [5.74, 6) is -0.516. The minimum atomic E-state index is -2.49. The van der Waals surface area contributed by atoms with E-state index in [1.165, 1.54) is 4.90 Å². The van der Waals surface area contributed by atoms with Crippen molar-refractivity contribution >= 4 is 0 Å². The fourth-order valence-corrected chi connectivity index (χ4v) is 4.66. The minimum absolute atomic E-state index is 0.0930. The summed E-state index contributed by atoms with van der Waals surface area (Å²) in [4.78, 5) is 1.17. The van der Waals surface area contributed by atoms with E-state index in [1.807, 2.05) is 6.07 Å². The van der Waals surface area contributed by atoms with Gasteiger partial charge in [0.15, 0.2) is 11.5 Å². The summed E-state index contributed by atoms with van der Waals surface area (Å²) >= 11 is 0. The first-order valence-corrected chi connectivity index (χ1v) is 7.60. The summed E-state index contributed by atoms with van der Waals surface area (Å²) in [6.45, 7) is -2.36. The quantitative estimate of drug-likeness (QED) is 0.841. The number of methoxy groups -OCH3 is 1. The Morgan fingerprint density at radius 3 is 3.32 bits per heavy atom. The van der Waals surface area contributed by atoms with Crippen LogP contribution in [0.15, 0.2) is 24.3 Å². The van der Waals surface area contributed by atoms with Crippen LogP contribution in [0.1, 0.15) is 24.4 Å². The van der Waals surface area contributed by atoms with E-state index >= 15 is 0 Å². The first-order chi connectivity index (χ1) is 13.1. The molecule has 2 bridgehead atoms. The van der Waals surface area contributed by atoms with Gasteiger partial charge < -0.3 is 19.5 Å². The molecule has 2 heterocycles. The molecule has 1 aromatic rings. The molecule has 0 aromatic heterocycles. The Hall–Kier alpha value is -1.52. The molecule has 1 fully saturated rings. The Balaban J connectivity index is 1.85. The number of hydrogen-bond acceptors (Lipinski definition) is 4. The zero-order valence-electron chi connectivity index (χ0n) is 18.3. The largest absolute Gasteiger partial charge is 0.493 e. The van der Waals surface area contributed by atoms with Crippen LogP contribution in [0.25, 0.3) is 0 Å². The van der Waals surface area contributed by atoms with E-state index < -0.39 is 36.5 Å². The van der Waals surface area contributed by atoms with Crippen LogP contribution in [0.3, 0.4) is 0 Å². The predicted molar refractivity (Wildman–Crippen MR) is 82.5 cm³/mol. The van der Waals surface area contributed by atoms with Gasteiger partial charge in [0.1, 0.15) is 12.2 Å². The normalized spacial score (nSPS) is 52.2.